The molecule has 0 saturated heterocycles. The number of likely N-dealkylation sites (N-methyl/N-ethyl adjacent to an activating group) is 1. The third-order valence-corrected chi connectivity index (χ3v) is 2.90. The molecule has 0 atom stereocenters. The molecule has 2 N–H and O–H groups in total. The van der Waals surface area contributed by atoms with Crippen LogP contribution >= 0.6 is 12.2 Å². The molecule has 0 radical (unpaired) electrons. The molecule has 0 spiro atoms. The summed E-state index contributed by atoms with van der Waals surface area (Å²) in [6.07, 6.45) is 6.03. The zero-order chi connectivity index (χ0) is 13.5. The highest BCUT2D eigenvalue weighted by molar-refractivity contribution is 7.80. The molecule has 0 aliphatic carbocycles. The number of thiocarbonyl (C=S) groups is 1. The van der Waals surface area contributed by atoms with Crippen LogP contribution in [0.25, 0.3) is 0 Å². The zero-order valence-electron chi connectivity index (χ0n) is 10.9. The van der Waals surface area contributed by atoms with Crippen molar-refractivity contribution in [2.75, 3.05) is 13.6 Å². The maximum atomic E-state index is 12.0. The van der Waals surface area contributed by atoms with Crippen molar-refractivity contribution in [2.24, 2.45) is 5.73 Å². The van der Waals surface area contributed by atoms with Crippen LogP contribution in [0.4, 0.5) is 0 Å². The third kappa shape index (κ3) is 4.44. The van der Waals surface area contributed by atoms with E-state index < -0.39 is 0 Å². The molecule has 0 aliphatic rings. The van der Waals surface area contributed by atoms with Crippen molar-refractivity contribution in [3.63, 3.8) is 0 Å². The Balaban J connectivity index is 2.52. The van der Waals surface area contributed by atoms with Crippen LogP contribution in [0.5, 0.6) is 0 Å². The van der Waals surface area contributed by atoms with Gasteiger partial charge in [0, 0.05) is 38.8 Å². The van der Waals surface area contributed by atoms with Gasteiger partial charge in [-0.25, -0.2) is 4.98 Å². The number of hydrogen-bond donors (Lipinski definition) is 1. The predicted molar refractivity (Wildman–Crippen MR) is 75.3 cm³/mol. The first-order valence-corrected chi connectivity index (χ1v) is 6.47. The summed E-state index contributed by atoms with van der Waals surface area (Å²) in [5, 5.41) is 0. The van der Waals surface area contributed by atoms with Gasteiger partial charge in [0.2, 0.25) is 5.91 Å². The number of hydrogen-bond acceptors (Lipinski definition) is 3. The molecule has 18 heavy (non-hydrogen) atoms. The summed E-state index contributed by atoms with van der Waals surface area (Å²) < 4.78 is 1.89. The van der Waals surface area contributed by atoms with Crippen LogP contribution in [0.3, 0.4) is 0 Å². The van der Waals surface area contributed by atoms with Crippen LogP contribution in [-0.2, 0) is 17.8 Å². The average molecular weight is 268 g/mol. The number of carbonyl (C=O) groups is 1. The molecule has 100 valence electrons. The predicted octanol–water partition coefficient (Wildman–Crippen LogP) is 0.970. The monoisotopic (exact) mass is 268 g/mol. The third-order valence-electron chi connectivity index (χ3n) is 2.70. The number of nitrogens with zero attached hydrogens (tertiary/aromatic N) is 3. The Bertz CT molecular complexity index is 416. The number of imidazole rings is 1. The second-order valence-corrected chi connectivity index (χ2v) is 4.78. The first kappa shape index (κ1) is 14.6. The highest BCUT2D eigenvalue weighted by Gasteiger charge is 2.11. The van der Waals surface area contributed by atoms with Crippen molar-refractivity contribution < 1.29 is 4.79 Å². The SMILES string of the molecule is CCCc1nccn1CC(=O)N(C)CCC(N)=S. The Kier molecular flexibility index (Phi) is 5.77. The minimum absolute atomic E-state index is 0.0432. The zero-order valence-corrected chi connectivity index (χ0v) is 11.7. The van der Waals surface area contributed by atoms with Gasteiger partial charge >= 0.3 is 0 Å². The highest BCUT2D eigenvalue weighted by atomic mass is 32.1. The maximum absolute atomic E-state index is 12.0. The van der Waals surface area contributed by atoms with Gasteiger partial charge < -0.3 is 15.2 Å². The molecule has 1 rings (SSSR count). The largest absolute Gasteiger partial charge is 0.393 e. The molecule has 0 aliphatic heterocycles. The van der Waals surface area contributed by atoms with Crippen LogP contribution in [0.1, 0.15) is 25.6 Å². The fraction of sp³-hybridized carbons (Fsp3) is 0.583. The Morgan fingerprint density at radius 2 is 2.33 bits per heavy atom. The molecule has 1 heterocycles. The van der Waals surface area contributed by atoms with E-state index in [1.54, 1.807) is 18.1 Å². The molecule has 5 nitrogen and oxygen atoms in total. The van der Waals surface area contributed by atoms with Crippen molar-refractivity contribution >= 4 is 23.1 Å². The second kappa shape index (κ2) is 7.10. The van der Waals surface area contributed by atoms with Crippen LogP contribution < -0.4 is 5.73 Å². The van der Waals surface area contributed by atoms with E-state index in [0.717, 1.165) is 18.7 Å². The lowest BCUT2D eigenvalue weighted by atomic mass is 10.3. The Hall–Kier alpha value is -1.43. The van der Waals surface area contributed by atoms with Crippen molar-refractivity contribution in [3.05, 3.63) is 18.2 Å². The molecule has 0 aromatic carbocycles. The van der Waals surface area contributed by atoms with E-state index in [9.17, 15) is 4.79 Å². The van der Waals surface area contributed by atoms with Crippen molar-refractivity contribution in [3.8, 4) is 0 Å². The summed E-state index contributed by atoms with van der Waals surface area (Å²) in [7, 11) is 1.76. The summed E-state index contributed by atoms with van der Waals surface area (Å²) in [5.41, 5.74) is 5.42. The highest BCUT2D eigenvalue weighted by Crippen LogP contribution is 2.02. The van der Waals surface area contributed by atoms with Crippen LogP contribution in [0.15, 0.2) is 12.4 Å². The summed E-state index contributed by atoms with van der Waals surface area (Å²) in [6.45, 7) is 2.98. The summed E-state index contributed by atoms with van der Waals surface area (Å²) in [6, 6.07) is 0. The van der Waals surface area contributed by atoms with E-state index in [2.05, 4.69) is 11.9 Å². The lowest BCUT2D eigenvalue weighted by Gasteiger charge is -2.17. The van der Waals surface area contributed by atoms with E-state index in [0.29, 0.717) is 24.5 Å². The van der Waals surface area contributed by atoms with E-state index in [1.165, 1.54) is 0 Å². The van der Waals surface area contributed by atoms with Gasteiger partial charge in [-0.3, -0.25) is 4.79 Å². The van der Waals surface area contributed by atoms with Gasteiger partial charge in [0.1, 0.15) is 12.4 Å². The van der Waals surface area contributed by atoms with Crippen LogP contribution in [0, 0.1) is 0 Å². The van der Waals surface area contributed by atoms with E-state index in [1.807, 2.05) is 10.8 Å². The van der Waals surface area contributed by atoms with Gasteiger partial charge in [-0.1, -0.05) is 19.1 Å². The fourth-order valence-electron chi connectivity index (χ4n) is 1.60. The number of amides is 1. The van der Waals surface area contributed by atoms with Gasteiger partial charge in [-0.05, 0) is 6.42 Å². The summed E-state index contributed by atoms with van der Waals surface area (Å²) in [5.74, 6) is 0.996. The minimum atomic E-state index is 0.0432. The Labute approximate surface area is 113 Å². The molecule has 0 fully saturated rings. The standard InChI is InChI=1S/C12H20N4OS/c1-3-4-11-14-6-8-16(11)9-12(17)15(2)7-5-10(13)18/h6,8H,3-5,7,9H2,1-2H3,(H2,13,18). The van der Waals surface area contributed by atoms with Gasteiger partial charge in [0.25, 0.3) is 0 Å². The molecule has 0 bridgehead atoms. The Morgan fingerprint density at radius 1 is 1.61 bits per heavy atom. The van der Waals surface area contributed by atoms with E-state index in [4.69, 9.17) is 18.0 Å². The lowest BCUT2D eigenvalue weighted by molar-refractivity contribution is -0.130. The van der Waals surface area contributed by atoms with Gasteiger partial charge in [0.05, 0.1) is 4.99 Å². The van der Waals surface area contributed by atoms with Gasteiger partial charge in [-0.2, -0.15) is 0 Å². The van der Waals surface area contributed by atoms with Crippen molar-refractivity contribution in [2.45, 2.75) is 32.7 Å². The van der Waals surface area contributed by atoms with E-state index >= 15 is 0 Å². The topological polar surface area (TPSA) is 64.2 Å². The molecular weight excluding hydrogens is 248 g/mol. The van der Waals surface area contributed by atoms with E-state index in [-0.39, 0.29) is 5.91 Å². The molecule has 6 heteroatoms. The smallest absolute Gasteiger partial charge is 0.242 e. The molecule has 1 aromatic heterocycles. The number of aromatic nitrogens is 2. The van der Waals surface area contributed by atoms with Gasteiger partial charge in [-0.15, -0.1) is 0 Å². The van der Waals surface area contributed by atoms with Crippen molar-refractivity contribution in [1.82, 2.24) is 14.5 Å². The minimum Gasteiger partial charge on any atom is -0.393 e. The summed E-state index contributed by atoms with van der Waals surface area (Å²) >= 11 is 4.80. The van der Waals surface area contributed by atoms with Crippen LogP contribution in [-0.4, -0.2) is 38.9 Å². The Morgan fingerprint density at radius 3 is 2.94 bits per heavy atom. The lowest BCUT2D eigenvalue weighted by Crippen LogP contribution is -2.33. The summed E-state index contributed by atoms with van der Waals surface area (Å²) in [4.78, 5) is 18.3. The quantitative estimate of drug-likeness (QED) is 0.748. The molecule has 1 aromatic rings. The average Bonchev–Trinajstić information content (AvgIpc) is 2.74. The van der Waals surface area contributed by atoms with Gasteiger partial charge in [0.15, 0.2) is 0 Å². The number of rotatable bonds is 7. The number of aryl methyl sites for hydroxylation is 1. The first-order chi connectivity index (χ1) is 8.54. The number of carbonyl (C=O) groups excluding carboxylic acids is 1. The molecule has 0 saturated carbocycles. The fourth-order valence-corrected chi connectivity index (χ4v) is 1.70. The normalized spacial score (nSPS) is 10.3. The molecular formula is C12H20N4OS. The molecule has 1 amide bonds. The first-order valence-electron chi connectivity index (χ1n) is 6.06. The number of nitrogens with two attached hydrogens (primary N) is 1. The molecule has 0 unspecified atom stereocenters. The maximum Gasteiger partial charge on any atom is 0.242 e. The van der Waals surface area contributed by atoms with Crippen molar-refractivity contribution in [1.29, 1.82) is 0 Å². The second-order valence-electron chi connectivity index (χ2n) is 4.25. The van der Waals surface area contributed by atoms with Crippen LogP contribution in [0.2, 0.25) is 0 Å².